The maximum absolute atomic E-state index is 12.7. The van der Waals surface area contributed by atoms with Crippen LogP contribution < -0.4 is 10.9 Å². The van der Waals surface area contributed by atoms with Gasteiger partial charge >= 0.3 is 0 Å². The Morgan fingerprint density at radius 1 is 1.26 bits per heavy atom. The number of amides is 2. The van der Waals surface area contributed by atoms with Crippen molar-refractivity contribution in [1.29, 1.82) is 0 Å². The van der Waals surface area contributed by atoms with Crippen LogP contribution in [0.4, 0.5) is 0 Å². The molecule has 144 valence electrons. The standard InChI is InChI=1S/C19H23BrN4O3/c1-12(2)17(19(27)23-7-3-4-8-23)22-16(25)10-24-11-21-15-6-5-13(20)9-14(15)18(24)26/h5-6,9,11-12,17H,3-4,7-8,10H2,1-2H3,(H,22,25)/t17-/m0/s1. The van der Waals surface area contributed by atoms with Gasteiger partial charge in [0.15, 0.2) is 0 Å². The Kier molecular flexibility index (Phi) is 5.94. The lowest BCUT2D eigenvalue weighted by Gasteiger charge is -2.26. The predicted octanol–water partition coefficient (Wildman–Crippen LogP) is 1.92. The van der Waals surface area contributed by atoms with E-state index in [1.165, 1.54) is 10.9 Å². The predicted molar refractivity (Wildman–Crippen MR) is 106 cm³/mol. The van der Waals surface area contributed by atoms with Crippen LogP contribution in [0.25, 0.3) is 10.9 Å². The molecule has 0 radical (unpaired) electrons. The van der Waals surface area contributed by atoms with Crippen molar-refractivity contribution < 1.29 is 9.59 Å². The maximum Gasteiger partial charge on any atom is 0.261 e. The van der Waals surface area contributed by atoms with Crippen LogP contribution in [-0.2, 0) is 16.1 Å². The quantitative estimate of drug-likeness (QED) is 0.778. The fraction of sp³-hybridized carbons (Fsp3) is 0.474. The van der Waals surface area contributed by atoms with Gasteiger partial charge in [-0.1, -0.05) is 29.8 Å². The molecule has 1 N–H and O–H groups in total. The van der Waals surface area contributed by atoms with Crippen LogP contribution in [0, 0.1) is 5.92 Å². The van der Waals surface area contributed by atoms with Gasteiger partial charge < -0.3 is 10.2 Å². The Hall–Kier alpha value is -2.22. The van der Waals surface area contributed by atoms with Gasteiger partial charge in [-0.25, -0.2) is 4.98 Å². The Morgan fingerprint density at radius 3 is 2.63 bits per heavy atom. The van der Waals surface area contributed by atoms with Crippen LogP contribution >= 0.6 is 15.9 Å². The Bertz CT molecular complexity index is 919. The first kappa shape index (κ1) is 19.5. The Labute approximate surface area is 165 Å². The number of rotatable bonds is 5. The van der Waals surface area contributed by atoms with E-state index in [9.17, 15) is 14.4 Å². The smallest absolute Gasteiger partial charge is 0.261 e. The number of carbonyl (C=O) groups is 2. The van der Waals surface area contributed by atoms with Gasteiger partial charge in [0.1, 0.15) is 12.6 Å². The molecule has 27 heavy (non-hydrogen) atoms. The van der Waals surface area contributed by atoms with E-state index in [-0.39, 0.29) is 29.8 Å². The number of halogens is 1. The topological polar surface area (TPSA) is 84.3 Å². The number of nitrogens with one attached hydrogen (secondary N) is 1. The van der Waals surface area contributed by atoms with Gasteiger partial charge in [0.05, 0.1) is 17.2 Å². The number of likely N-dealkylation sites (tertiary alicyclic amines) is 1. The van der Waals surface area contributed by atoms with E-state index in [1.54, 1.807) is 17.0 Å². The molecule has 8 heteroatoms. The summed E-state index contributed by atoms with van der Waals surface area (Å²) in [6, 6.07) is 4.65. The molecule has 2 aromatic rings. The van der Waals surface area contributed by atoms with E-state index in [1.807, 2.05) is 19.9 Å². The summed E-state index contributed by atoms with van der Waals surface area (Å²) in [5.74, 6) is -0.465. The second-order valence-electron chi connectivity index (χ2n) is 7.16. The molecular weight excluding hydrogens is 412 g/mol. The number of hydrogen-bond acceptors (Lipinski definition) is 4. The highest BCUT2D eigenvalue weighted by molar-refractivity contribution is 9.10. The van der Waals surface area contributed by atoms with Crippen molar-refractivity contribution >= 4 is 38.6 Å². The van der Waals surface area contributed by atoms with Gasteiger partial charge in [-0.05, 0) is 37.0 Å². The third-order valence-corrected chi connectivity index (χ3v) is 5.26. The van der Waals surface area contributed by atoms with Crippen LogP contribution in [0.2, 0.25) is 0 Å². The minimum absolute atomic E-state index is 0.0375. The zero-order valence-electron chi connectivity index (χ0n) is 15.4. The molecule has 1 saturated heterocycles. The highest BCUT2D eigenvalue weighted by Gasteiger charge is 2.30. The van der Waals surface area contributed by atoms with Crippen molar-refractivity contribution in [1.82, 2.24) is 19.8 Å². The van der Waals surface area contributed by atoms with Crippen LogP contribution in [0.15, 0.2) is 33.8 Å². The average molecular weight is 435 g/mol. The van der Waals surface area contributed by atoms with Crippen molar-refractivity contribution in [3.05, 3.63) is 39.4 Å². The van der Waals surface area contributed by atoms with E-state index in [4.69, 9.17) is 0 Å². The van der Waals surface area contributed by atoms with Crippen molar-refractivity contribution in [3.63, 3.8) is 0 Å². The lowest BCUT2D eigenvalue weighted by atomic mass is 10.0. The molecular formula is C19H23BrN4O3. The van der Waals surface area contributed by atoms with E-state index >= 15 is 0 Å². The first-order valence-corrected chi connectivity index (χ1v) is 9.89. The molecule has 0 aliphatic carbocycles. The first-order valence-electron chi connectivity index (χ1n) is 9.09. The minimum Gasteiger partial charge on any atom is -0.342 e. The molecule has 0 saturated carbocycles. The summed E-state index contributed by atoms with van der Waals surface area (Å²) >= 11 is 3.34. The van der Waals surface area contributed by atoms with Gasteiger partial charge in [-0.2, -0.15) is 0 Å². The maximum atomic E-state index is 12.7. The van der Waals surface area contributed by atoms with E-state index in [0.29, 0.717) is 10.9 Å². The number of fused-ring (bicyclic) bond motifs is 1. The molecule has 2 amide bonds. The second kappa shape index (κ2) is 8.21. The van der Waals surface area contributed by atoms with E-state index < -0.39 is 6.04 Å². The normalized spacial score (nSPS) is 15.3. The second-order valence-corrected chi connectivity index (χ2v) is 8.08. The largest absolute Gasteiger partial charge is 0.342 e. The molecule has 1 aromatic heterocycles. The van der Waals surface area contributed by atoms with Crippen LogP contribution in [-0.4, -0.2) is 45.4 Å². The molecule has 0 spiro atoms. The first-order chi connectivity index (χ1) is 12.9. The molecule has 2 heterocycles. The van der Waals surface area contributed by atoms with E-state index in [2.05, 4.69) is 26.2 Å². The Morgan fingerprint density at radius 2 is 1.96 bits per heavy atom. The fourth-order valence-electron chi connectivity index (χ4n) is 3.27. The summed E-state index contributed by atoms with van der Waals surface area (Å²) < 4.78 is 2.04. The van der Waals surface area contributed by atoms with Crippen molar-refractivity contribution in [2.24, 2.45) is 5.92 Å². The molecule has 1 fully saturated rings. The third kappa shape index (κ3) is 4.37. The van der Waals surface area contributed by atoms with Gasteiger partial charge in [0.25, 0.3) is 5.56 Å². The highest BCUT2D eigenvalue weighted by Crippen LogP contribution is 2.15. The lowest BCUT2D eigenvalue weighted by Crippen LogP contribution is -2.51. The monoisotopic (exact) mass is 434 g/mol. The van der Waals surface area contributed by atoms with Crippen molar-refractivity contribution in [2.75, 3.05) is 13.1 Å². The van der Waals surface area contributed by atoms with Crippen LogP contribution in [0.3, 0.4) is 0 Å². The number of benzene rings is 1. The summed E-state index contributed by atoms with van der Waals surface area (Å²) in [5, 5.41) is 3.24. The number of nitrogens with zero attached hydrogens (tertiary/aromatic N) is 3. The summed E-state index contributed by atoms with van der Waals surface area (Å²) in [7, 11) is 0. The SMILES string of the molecule is CC(C)[C@H](NC(=O)Cn1cnc2ccc(Br)cc2c1=O)C(=O)N1CCCC1. The molecule has 1 aliphatic heterocycles. The molecule has 3 rings (SSSR count). The average Bonchev–Trinajstić information content (AvgIpc) is 3.16. The molecule has 7 nitrogen and oxygen atoms in total. The van der Waals surface area contributed by atoms with Gasteiger partial charge in [-0.3, -0.25) is 19.0 Å². The van der Waals surface area contributed by atoms with Crippen molar-refractivity contribution in [3.8, 4) is 0 Å². The number of aromatic nitrogens is 2. The van der Waals surface area contributed by atoms with Gasteiger partial charge in [-0.15, -0.1) is 0 Å². The lowest BCUT2D eigenvalue weighted by molar-refractivity contribution is -0.137. The fourth-order valence-corrected chi connectivity index (χ4v) is 3.63. The van der Waals surface area contributed by atoms with Crippen LogP contribution in [0.1, 0.15) is 26.7 Å². The van der Waals surface area contributed by atoms with Gasteiger partial charge in [0.2, 0.25) is 11.8 Å². The van der Waals surface area contributed by atoms with Crippen molar-refractivity contribution in [2.45, 2.75) is 39.3 Å². The summed E-state index contributed by atoms with van der Waals surface area (Å²) in [6.07, 6.45) is 3.36. The number of carbonyl (C=O) groups excluding carboxylic acids is 2. The Balaban J connectivity index is 1.76. The van der Waals surface area contributed by atoms with E-state index in [0.717, 1.165) is 30.4 Å². The molecule has 1 atom stereocenters. The molecule has 0 bridgehead atoms. The molecule has 0 unspecified atom stereocenters. The third-order valence-electron chi connectivity index (χ3n) is 4.77. The molecule has 1 aromatic carbocycles. The summed E-state index contributed by atoms with van der Waals surface area (Å²) in [4.78, 5) is 43.9. The zero-order valence-corrected chi connectivity index (χ0v) is 17.0. The summed E-state index contributed by atoms with van der Waals surface area (Å²) in [5.41, 5.74) is 0.285. The minimum atomic E-state index is -0.589. The summed E-state index contributed by atoms with van der Waals surface area (Å²) in [6.45, 7) is 5.10. The van der Waals surface area contributed by atoms with Gasteiger partial charge in [0, 0.05) is 17.6 Å². The highest BCUT2D eigenvalue weighted by atomic mass is 79.9. The molecule has 1 aliphatic rings. The number of hydrogen-bond donors (Lipinski definition) is 1. The zero-order chi connectivity index (χ0) is 19.6. The van der Waals surface area contributed by atoms with Crippen LogP contribution in [0.5, 0.6) is 0 Å².